The van der Waals surface area contributed by atoms with Gasteiger partial charge in [-0.05, 0) is 54.4 Å². The standard InChI is InChI=1S/C25H18Cl2F3N3O4/c1-14-10-15(5-7-18(14)22(34)33(23(35)36)13-17-4-2-3-9-31-17)21-12-24(37-32-21,25(28,29)30)16-6-8-19(26)20(27)11-16/h2-11H,12-13H2,1H3,(H,35,36). The summed E-state index contributed by atoms with van der Waals surface area (Å²) in [5, 5.41) is 13.3. The molecule has 0 radical (unpaired) electrons. The molecule has 0 fully saturated rings. The van der Waals surface area contributed by atoms with Crippen molar-refractivity contribution in [3.05, 3.63) is 98.8 Å². The van der Waals surface area contributed by atoms with Gasteiger partial charge >= 0.3 is 12.3 Å². The third kappa shape index (κ3) is 5.12. The Morgan fingerprint density at radius 1 is 1.11 bits per heavy atom. The molecule has 1 atom stereocenters. The molecule has 0 bridgehead atoms. The van der Waals surface area contributed by atoms with Crippen molar-refractivity contribution in [2.45, 2.75) is 31.7 Å². The van der Waals surface area contributed by atoms with Gasteiger partial charge in [-0.3, -0.25) is 9.78 Å². The van der Waals surface area contributed by atoms with Gasteiger partial charge in [-0.2, -0.15) is 13.2 Å². The molecule has 0 saturated carbocycles. The average molecular weight is 552 g/mol. The van der Waals surface area contributed by atoms with Crippen LogP contribution in [0, 0.1) is 6.92 Å². The zero-order chi connectivity index (χ0) is 27.0. The number of hydrogen-bond acceptors (Lipinski definition) is 5. The smallest absolute Gasteiger partial charge is 0.435 e. The van der Waals surface area contributed by atoms with Crippen LogP contribution in [-0.4, -0.2) is 38.9 Å². The molecule has 2 heterocycles. The van der Waals surface area contributed by atoms with Crippen molar-refractivity contribution >= 4 is 40.9 Å². The highest BCUT2D eigenvalue weighted by atomic mass is 35.5. The van der Waals surface area contributed by atoms with Gasteiger partial charge in [0.15, 0.2) is 0 Å². The monoisotopic (exact) mass is 551 g/mol. The van der Waals surface area contributed by atoms with Crippen LogP contribution in [0.5, 0.6) is 0 Å². The zero-order valence-corrected chi connectivity index (χ0v) is 20.6. The molecule has 0 spiro atoms. The van der Waals surface area contributed by atoms with E-state index >= 15 is 0 Å². The lowest BCUT2D eigenvalue weighted by Gasteiger charge is -2.29. The first-order valence-corrected chi connectivity index (χ1v) is 11.5. The number of halogens is 5. The van der Waals surface area contributed by atoms with E-state index in [1.165, 1.54) is 36.5 Å². The van der Waals surface area contributed by atoms with Gasteiger partial charge in [-0.15, -0.1) is 0 Å². The molecule has 12 heteroatoms. The average Bonchev–Trinajstić information content (AvgIpc) is 3.31. The minimum Gasteiger partial charge on any atom is -0.465 e. The molecule has 1 N–H and O–H groups in total. The Labute approximate surface area is 219 Å². The third-order valence-electron chi connectivity index (χ3n) is 5.88. The number of benzene rings is 2. The number of carbonyl (C=O) groups excluding carboxylic acids is 1. The first-order valence-electron chi connectivity index (χ1n) is 10.8. The maximum absolute atomic E-state index is 14.2. The van der Waals surface area contributed by atoms with E-state index in [0.29, 0.717) is 16.2 Å². The third-order valence-corrected chi connectivity index (χ3v) is 6.62. The summed E-state index contributed by atoms with van der Waals surface area (Å²) in [7, 11) is 0. The number of amides is 2. The van der Waals surface area contributed by atoms with Crippen LogP contribution >= 0.6 is 23.2 Å². The van der Waals surface area contributed by atoms with Crippen molar-refractivity contribution in [3.8, 4) is 0 Å². The maximum atomic E-state index is 14.2. The largest absolute Gasteiger partial charge is 0.465 e. The Hall–Kier alpha value is -3.63. The van der Waals surface area contributed by atoms with Gasteiger partial charge in [0.2, 0.25) is 0 Å². The van der Waals surface area contributed by atoms with Crippen molar-refractivity contribution in [2.75, 3.05) is 0 Å². The van der Waals surface area contributed by atoms with Crippen molar-refractivity contribution in [3.63, 3.8) is 0 Å². The molecule has 7 nitrogen and oxygen atoms in total. The van der Waals surface area contributed by atoms with Crippen LogP contribution < -0.4 is 0 Å². The quantitative estimate of drug-likeness (QED) is 0.385. The number of carboxylic acid groups (broad SMARTS) is 1. The Kier molecular flexibility index (Phi) is 7.16. The highest BCUT2D eigenvalue weighted by Crippen LogP contribution is 2.49. The molecule has 4 rings (SSSR count). The van der Waals surface area contributed by atoms with Gasteiger partial charge in [0.05, 0.1) is 28.0 Å². The van der Waals surface area contributed by atoms with Gasteiger partial charge in [0.25, 0.3) is 11.5 Å². The molecule has 1 aromatic heterocycles. The van der Waals surface area contributed by atoms with E-state index in [1.807, 2.05) is 0 Å². The van der Waals surface area contributed by atoms with Crippen molar-refractivity contribution < 1.29 is 32.7 Å². The van der Waals surface area contributed by atoms with Gasteiger partial charge in [0.1, 0.15) is 0 Å². The molecule has 192 valence electrons. The van der Waals surface area contributed by atoms with E-state index in [0.717, 1.165) is 6.07 Å². The summed E-state index contributed by atoms with van der Waals surface area (Å²) in [4.78, 5) is 34.4. The number of hydrogen-bond donors (Lipinski definition) is 1. The highest BCUT2D eigenvalue weighted by Gasteiger charge is 2.62. The molecule has 3 aromatic rings. The maximum Gasteiger partial charge on any atom is 0.435 e. The van der Waals surface area contributed by atoms with E-state index in [9.17, 15) is 27.9 Å². The fourth-order valence-corrected chi connectivity index (χ4v) is 4.21. The van der Waals surface area contributed by atoms with Crippen molar-refractivity contribution in [2.24, 2.45) is 5.16 Å². The number of aryl methyl sites for hydroxylation is 1. The van der Waals surface area contributed by atoms with E-state index < -0.39 is 30.2 Å². The Bertz CT molecular complexity index is 1400. The Morgan fingerprint density at radius 2 is 1.86 bits per heavy atom. The number of imide groups is 1. The normalized spacial score (nSPS) is 17.2. The first-order chi connectivity index (χ1) is 17.4. The SMILES string of the molecule is Cc1cc(C2=NOC(c3ccc(Cl)c(Cl)c3)(C(F)(F)F)C2)ccc1C(=O)N(Cc1ccccn1)C(=O)O. The van der Waals surface area contributed by atoms with Gasteiger partial charge in [0, 0.05) is 23.7 Å². The fraction of sp³-hybridized carbons (Fsp3) is 0.200. The lowest BCUT2D eigenvalue weighted by Crippen LogP contribution is -2.42. The van der Waals surface area contributed by atoms with Crippen molar-refractivity contribution in [1.82, 2.24) is 9.88 Å². The summed E-state index contributed by atoms with van der Waals surface area (Å²) < 4.78 is 42.7. The predicted molar refractivity (Wildman–Crippen MR) is 130 cm³/mol. The molecule has 1 aliphatic heterocycles. The minimum absolute atomic E-state index is 0.00549. The lowest BCUT2D eigenvalue weighted by molar-refractivity contribution is -0.275. The van der Waals surface area contributed by atoms with Crippen LogP contribution in [-0.2, 0) is 17.0 Å². The van der Waals surface area contributed by atoms with E-state index in [2.05, 4.69) is 10.1 Å². The summed E-state index contributed by atoms with van der Waals surface area (Å²) in [5.41, 5.74) is -1.98. The van der Waals surface area contributed by atoms with E-state index in [1.54, 1.807) is 25.1 Å². The number of oxime groups is 1. The molecular weight excluding hydrogens is 534 g/mol. The van der Waals surface area contributed by atoms with Gasteiger partial charge in [-0.25, -0.2) is 9.69 Å². The second-order valence-electron chi connectivity index (χ2n) is 8.28. The summed E-state index contributed by atoms with van der Waals surface area (Å²) in [5.74, 6) is -0.799. The molecule has 2 amide bonds. The van der Waals surface area contributed by atoms with Gasteiger partial charge in [-0.1, -0.05) is 46.6 Å². The summed E-state index contributed by atoms with van der Waals surface area (Å²) >= 11 is 11.8. The topological polar surface area (TPSA) is 92.1 Å². The number of nitrogens with zero attached hydrogens (tertiary/aromatic N) is 3. The fourth-order valence-electron chi connectivity index (χ4n) is 3.91. The summed E-state index contributed by atoms with van der Waals surface area (Å²) in [6.45, 7) is 1.28. The van der Waals surface area contributed by atoms with Crippen LogP contribution in [0.2, 0.25) is 10.0 Å². The summed E-state index contributed by atoms with van der Waals surface area (Å²) in [6.07, 6.45) is -5.48. The number of carbonyl (C=O) groups is 2. The molecule has 37 heavy (non-hydrogen) atoms. The van der Waals surface area contributed by atoms with Crippen LogP contribution in [0.15, 0.2) is 65.9 Å². The molecule has 1 unspecified atom stereocenters. The predicted octanol–water partition coefficient (Wildman–Crippen LogP) is 6.60. The Morgan fingerprint density at radius 3 is 2.46 bits per heavy atom. The molecule has 0 aliphatic carbocycles. The second kappa shape index (κ2) is 10.0. The van der Waals surface area contributed by atoms with E-state index in [-0.39, 0.29) is 39.0 Å². The second-order valence-corrected chi connectivity index (χ2v) is 9.10. The first kappa shape index (κ1) is 26.4. The summed E-state index contributed by atoms with van der Waals surface area (Å²) in [6, 6.07) is 12.6. The lowest BCUT2D eigenvalue weighted by atomic mass is 9.86. The number of rotatable bonds is 5. The Balaban J connectivity index is 1.61. The zero-order valence-electron chi connectivity index (χ0n) is 19.1. The number of aromatic nitrogens is 1. The van der Waals surface area contributed by atoms with Crippen LogP contribution in [0.1, 0.15) is 39.2 Å². The van der Waals surface area contributed by atoms with Crippen LogP contribution in [0.3, 0.4) is 0 Å². The van der Waals surface area contributed by atoms with Crippen LogP contribution in [0.25, 0.3) is 0 Å². The number of alkyl halides is 3. The molecule has 2 aromatic carbocycles. The van der Waals surface area contributed by atoms with Crippen molar-refractivity contribution in [1.29, 1.82) is 0 Å². The highest BCUT2D eigenvalue weighted by molar-refractivity contribution is 6.42. The molecule has 0 saturated heterocycles. The van der Waals surface area contributed by atoms with E-state index in [4.69, 9.17) is 28.0 Å². The molecular formula is C25H18Cl2F3N3O4. The minimum atomic E-state index is -4.84. The van der Waals surface area contributed by atoms with Gasteiger partial charge < -0.3 is 9.94 Å². The van der Waals surface area contributed by atoms with Crippen LogP contribution in [0.4, 0.5) is 18.0 Å². The molecule has 1 aliphatic rings. The number of pyridine rings is 1.